The van der Waals surface area contributed by atoms with Gasteiger partial charge in [-0.1, -0.05) is 15.9 Å². The first kappa shape index (κ1) is 13.7. The number of aryl methyl sites for hydroxylation is 1. The molecule has 2 rings (SSSR count). The van der Waals surface area contributed by atoms with Crippen molar-refractivity contribution < 1.29 is 4.74 Å². The minimum absolute atomic E-state index is 0.0789. The maximum absolute atomic E-state index is 11.6. The number of hydrogen-bond acceptors (Lipinski definition) is 3. The molecule has 2 aromatic rings. The minimum Gasteiger partial charge on any atom is -0.492 e. The molecule has 0 radical (unpaired) electrons. The fourth-order valence-corrected chi connectivity index (χ4v) is 1.94. The van der Waals surface area contributed by atoms with Crippen molar-refractivity contribution in [2.24, 2.45) is 0 Å². The molecule has 100 valence electrons. The Balaban J connectivity index is 1.98. The van der Waals surface area contributed by atoms with Gasteiger partial charge in [0, 0.05) is 22.4 Å². The van der Waals surface area contributed by atoms with Crippen LogP contribution in [0.25, 0.3) is 0 Å². The number of aromatic nitrogens is 1. The highest BCUT2D eigenvalue weighted by Gasteiger charge is 2.00. The summed E-state index contributed by atoms with van der Waals surface area (Å²) in [5.41, 5.74) is 7.24. The molecule has 0 fully saturated rings. The third-order valence-corrected chi connectivity index (χ3v) is 3.63. The van der Waals surface area contributed by atoms with Crippen LogP contribution < -0.4 is 16.0 Å². The highest BCUT2D eigenvalue weighted by Crippen LogP contribution is 2.21. The van der Waals surface area contributed by atoms with Crippen LogP contribution in [0.1, 0.15) is 5.56 Å². The van der Waals surface area contributed by atoms with E-state index in [1.54, 1.807) is 16.8 Å². The van der Waals surface area contributed by atoms with Crippen LogP contribution in [0.5, 0.6) is 5.75 Å². The highest BCUT2D eigenvalue weighted by atomic mass is 79.9. The standard InChI is InChI=1S/C14H15BrN2O2/c1-10-8-12(3-4-13(10)15)19-7-6-17-9-11(16)2-5-14(17)18/h2-5,8-9H,6-7,16H2,1H3. The van der Waals surface area contributed by atoms with E-state index >= 15 is 0 Å². The molecule has 0 bridgehead atoms. The lowest BCUT2D eigenvalue weighted by molar-refractivity contribution is 0.296. The van der Waals surface area contributed by atoms with Crippen molar-refractivity contribution in [1.29, 1.82) is 0 Å². The van der Waals surface area contributed by atoms with E-state index in [0.29, 0.717) is 18.8 Å². The summed E-state index contributed by atoms with van der Waals surface area (Å²) < 4.78 is 8.21. The topological polar surface area (TPSA) is 57.2 Å². The van der Waals surface area contributed by atoms with E-state index in [-0.39, 0.29) is 5.56 Å². The molecule has 19 heavy (non-hydrogen) atoms. The first-order valence-corrected chi connectivity index (χ1v) is 6.70. The predicted octanol–water partition coefficient (Wildman–Crippen LogP) is 2.58. The Morgan fingerprint density at radius 1 is 1.32 bits per heavy atom. The summed E-state index contributed by atoms with van der Waals surface area (Å²) in [7, 11) is 0. The van der Waals surface area contributed by atoms with Crippen molar-refractivity contribution in [2.75, 3.05) is 12.3 Å². The van der Waals surface area contributed by atoms with Gasteiger partial charge < -0.3 is 15.0 Å². The van der Waals surface area contributed by atoms with Gasteiger partial charge in [-0.15, -0.1) is 0 Å². The second kappa shape index (κ2) is 5.93. The van der Waals surface area contributed by atoms with E-state index in [1.165, 1.54) is 6.07 Å². The molecule has 1 aromatic heterocycles. The van der Waals surface area contributed by atoms with Crippen molar-refractivity contribution in [3.8, 4) is 5.75 Å². The first-order valence-electron chi connectivity index (χ1n) is 5.91. The smallest absolute Gasteiger partial charge is 0.250 e. The number of nitrogens with zero attached hydrogens (tertiary/aromatic N) is 1. The summed E-state index contributed by atoms with van der Waals surface area (Å²) in [4.78, 5) is 11.6. The van der Waals surface area contributed by atoms with Gasteiger partial charge in [-0.3, -0.25) is 4.79 Å². The quantitative estimate of drug-likeness (QED) is 0.941. The van der Waals surface area contributed by atoms with E-state index in [9.17, 15) is 4.79 Å². The maximum atomic E-state index is 11.6. The molecular formula is C14H15BrN2O2. The van der Waals surface area contributed by atoms with Gasteiger partial charge in [-0.2, -0.15) is 0 Å². The number of ether oxygens (including phenoxy) is 1. The normalized spacial score (nSPS) is 10.4. The molecule has 5 heteroatoms. The van der Waals surface area contributed by atoms with Crippen LogP contribution in [0.4, 0.5) is 5.69 Å². The Bertz CT molecular complexity index is 638. The molecule has 1 aromatic carbocycles. The lowest BCUT2D eigenvalue weighted by atomic mass is 10.2. The molecule has 0 saturated carbocycles. The van der Waals surface area contributed by atoms with Crippen LogP contribution in [-0.2, 0) is 6.54 Å². The number of nitrogens with two attached hydrogens (primary N) is 1. The molecule has 0 saturated heterocycles. The largest absolute Gasteiger partial charge is 0.492 e. The Kier molecular flexibility index (Phi) is 4.27. The number of pyridine rings is 1. The zero-order chi connectivity index (χ0) is 13.8. The monoisotopic (exact) mass is 322 g/mol. The second-order valence-electron chi connectivity index (χ2n) is 4.25. The fourth-order valence-electron chi connectivity index (χ4n) is 1.69. The van der Waals surface area contributed by atoms with Gasteiger partial charge in [0.25, 0.3) is 5.56 Å². The van der Waals surface area contributed by atoms with Crippen LogP contribution in [0, 0.1) is 6.92 Å². The molecule has 0 unspecified atom stereocenters. The lowest BCUT2D eigenvalue weighted by Gasteiger charge is -2.09. The van der Waals surface area contributed by atoms with Gasteiger partial charge in [0.05, 0.1) is 6.54 Å². The van der Waals surface area contributed by atoms with Gasteiger partial charge in [0.15, 0.2) is 0 Å². The molecule has 0 aliphatic rings. The van der Waals surface area contributed by atoms with E-state index < -0.39 is 0 Å². The summed E-state index contributed by atoms with van der Waals surface area (Å²) in [5.74, 6) is 0.789. The van der Waals surface area contributed by atoms with Crippen molar-refractivity contribution in [3.05, 3.63) is 56.9 Å². The molecule has 0 amide bonds. The van der Waals surface area contributed by atoms with E-state index in [1.807, 2.05) is 25.1 Å². The lowest BCUT2D eigenvalue weighted by Crippen LogP contribution is -2.22. The number of hydrogen-bond donors (Lipinski definition) is 1. The van der Waals surface area contributed by atoms with E-state index in [2.05, 4.69) is 15.9 Å². The summed E-state index contributed by atoms with van der Waals surface area (Å²) >= 11 is 3.44. The van der Waals surface area contributed by atoms with Crippen LogP contribution in [0.3, 0.4) is 0 Å². The van der Waals surface area contributed by atoms with Crippen LogP contribution >= 0.6 is 15.9 Å². The maximum Gasteiger partial charge on any atom is 0.250 e. The summed E-state index contributed by atoms with van der Waals surface area (Å²) in [6, 6.07) is 8.83. The van der Waals surface area contributed by atoms with Crippen LogP contribution in [-0.4, -0.2) is 11.2 Å². The van der Waals surface area contributed by atoms with Gasteiger partial charge in [0.1, 0.15) is 12.4 Å². The van der Waals surface area contributed by atoms with Crippen molar-refractivity contribution in [3.63, 3.8) is 0 Å². The van der Waals surface area contributed by atoms with Crippen molar-refractivity contribution in [1.82, 2.24) is 4.57 Å². The third-order valence-electron chi connectivity index (χ3n) is 2.74. The van der Waals surface area contributed by atoms with Crippen molar-refractivity contribution >= 4 is 21.6 Å². The SMILES string of the molecule is Cc1cc(OCCn2cc(N)ccc2=O)ccc1Br. The van der Waals surface area contributed by atoms with E-state index in [0.717, 1.165) is 15.8 Å². The fraction of sp³-hybridized carbons (Fsp3) is 0.214. The number of rotatable bonds is 4. The van der Waals surface area contributed by atoms with Gasteiger partial charge >= 0.3 is 0 Å². The highest BCUT2D eigenvalue weighted by molar-refractivity contribution is 9.10. The molecular weight excluding hydrogens is 308 g/mol. The summed E-state index contributed by atoms with van der Waals surface area (Å²) in [6.07, 6.45) is 1.62. The average Bonchev–Trinajstić information content (AvgIpc) is 2.38. The Morgan fingerprint density at radius 3 is 2.84 bits per heavy atom. The molecule has 0 atom stereocenters. The molecule has 1 heterocycles. The van der Waals surface area contributed by atoms with Gasteiger partial charge in [0.2, 0.25) is 0 Å². The Labute approximate surface area is 119 Å². The average molecular weight is 323 g/mol. The van der Waals surface area contributed by atoms with E-state index in [4.69, 9.17) is 10.5 Å². The van der Waals surface area contributed by atoms with Gasteiger partial charge in [-0.05, 0) is 36.8 Å². The number of halogens is 1. The number of benzene rings is 1. The van der Waals surface area contributed by atoms with Crippen LogP contribution in [0.15, 0.2) is 45.8 Å². The zero-order valence-corrected chi connectivity index (χ0v) is 12.2. The van der Waals surface area contributed by atoms with Crippen molar-refractivity contribution in [2.45, 2.75) is 13.5 Å². The van der Waals surface area contributed by atoms with Crippen LogP contribution in [0.2, 0.25) is 0 Å². The first-order chi connectivity index (χ1) is 9.06. The molecule has 0 aliphatic carbocycles. The molecule has 0 aliphatic heterocycles. The zero-order valence-electron chi connectivity index (χ0n) is 10.6. The number of anilines is 1. The second-order valence-corrected chi connectivity index (χ2v) is 5.11. The summed E-state index contributed by atoms with van der Waals surface area (Å²) in [5, 5.41) is 0. The minimum atomic E-state index is -0.0789. The molecule has 4 nitrogen and oxygen atoms in total. The predicted molar refractivity (Wildman–Crippen MR) is 79.5 cm³/mol. The molecule has 2 N–H and O–H groups in total. The third kappa shape index (κ3) is 3.61. The molecule has 0 spiro atoms. The Hall–Kier alpha value is -1.75. The Morgan fingerprint density at radius 2 is 2.11 bits per heavy atom. The summed E-state index contributed by atoms with van der Waals surface area (Å²) in [6.45, 7) is 2.89. The number of nitrogen functional groups attached to an aromatic ring is 1. The van der Waals surface area contributed by atoms with Gasteiger partial charge in [-0.25, -0.2) is 0 Å².